The number of fused-ring (bicyclic) bond motifs is 2. The Morgan fingerprint density at radius 3 is 1.73 bits per heavy atom. The van der Waals surface area contributed by atoms with Crippen LogP contribution in [-0.4, -0.2) is 9.97 Å². The van der Waals surface area contributed by atoms with Crippen molar-refractivity contribution in [2.75, 3.05) is 0 Å². The van der Waals surface area contributed by atoms with Crippen LogP contribution in [0.25, 0.3) is 55.4 Å². The number of hydrogen-bond acceptors (Lipinski definition) is 2. The van der Waals surface area contributed by atoms with Crippen LogP contribution in [0.3, 0.4) is 0 Å². The number of benzene rings is 5. The molecule has 33 heavy (non-hydrogen) atoms. The van der Waals surface area contributed by atoms with Crippen molar-refractivity contribution >= 4 is 37.5 Å². The van der Waals surface area contributed by atoms with Gasteiger partial charge in [-0.15, -0.1) is 0 Å². The summed E-state index contributed by atoms with van der Waals surface area (Å²) in [5, 5.41) is 4.71. The van der Waals surface area contributed by atoms with Gasteiger partial charge in [-0.3, -0.25) is 0 Å². The van der Waals surface area contributed by atoms with Crippen LogP contribution in [0.4, 0.5) is 0 Å². The van der Waals surface area contributed by atoms with Crippen LogP contribution >= 0.6 is 15.9 Å². The quantitative estimate of drug-likeness (QED) is 0.250. The van der Waals surface area contributed by atoms with Gasteiger partial charge in [-0.25, -0.2) is 9.97 Å². The molecular formula is C30H19BrN2. The van der Waals surface area contributed by atoms with E-state index in [-0.39, 0.29) is 0 Å². The maximum atomic E-state index is 5.10. The summed E-state index contributed by atoms with van der Waals surface area (Å²) in [5.41, 5.74) is 5.03. The summed E-state index contributed by atoms with van der Waals surface area (Å²) in [6.45, 7) is 0. The molecule has 1 heterocycles. The molecule has 0 spiro atoms. The van der Waals surface area contributed by atoms with Crippen LogP contribution in [0.1, 0.15) is 0 Å². The standard InChI is InChI=1S/C30H19BrN2/c31-23-17-15-22(16-18-23)28-19-29(26-13-5-9-20-7-1-3-11-24(20)26)33-30(32-28)27-14-6-10-21-8-2-4-12-25(21)27/h1-19H. The van der Waals surface area contributed by atoms with Crippen molar-refractivity contribution in [1.82, 2.24) is 9.97 Å². The summed E-state index contributed by atoms with van der Waals surface area (Å²) in [5.74, 6) is 0.732. The first kappa shape index (κ1) is 19.8. The third kappa shape index (κ3) is 3.71. The van der Waals surface area contributed by atoms with E-state index < -0.39 is 0 Å². The van der Waals surface area contributed by atoms with Gasteiger partial charge in [0.1, 0.15) is 0 Å². The Morgan fingerprint density at radius 1 is 0.485 bits per heavy atom. The minimum atomic E-state index is 0.732. The predicted octanol–water partition coefficient (Wildman–Crippen LogP) is 8.55. The van der Waals surface area contributed by atoms with Crippen molar-refractivity contribution in [3.63, 3.8) is 0 Å². The second-order valence-corrected chi connectivity index (χ2v) is 8.94. The Kier molecular flexibility index (Phi) is 4.97. The molecule has 0 saturated carbocycles. The Labute approximate surface area is 200 Å². The lowest BCUT2D eigenvalue weighted by atomic mass is 9.99. The van der Waals surface area contributed by atoms with Crippen molar-refractivity contribution < 1.29 is 0 Å². The summed E-state index contributed by atoms with van der Waals surface area (Å²) in [6.07, 6.45) is 0. The number of aromatic nitrogens is 2. The molecule has 0 amide bonds. The van der Waals surface area contributed by atoms with Crippen LogP contribution in [0.2, 0.25) is 0 Å². The fourth-order valence-corrected chi connectivity index (χ4v) is 4.61. The molecular weight excluding hydrogens is 468 g/mol. The van der Waals surface area contributed by atoms with E-state index in [1.54, 1.807) is 0 Å². The summed E-state index contributed by atoms with van der Waals surface area (Å²) < 4.78 is 1.05. The lowest BCUT2D eigenvalue weighted by Gasteiger charge is -2.12. The lowest BCUT2D eigenvalue weighted by molar-refractivity contribution is 1.19. The van der Waals surface area contributed by atoms with Gasteiger partial charge in [-0.1, -0.05) is 113 Å². The van der Waals surface area contributed by atoms with Crippen molar-refractivity contribution in [1.29, 1.82) is 0 Å². The molecule has 5 aromatic carbocycles. The van der Waals surface area contributed by atoms with Crippen LogP contribution in [-0.2, 0) is 0 Å². The van der Waals surface area contributed by atoms with E-state index in [9.17, 15) is 0 Å². The molecule has 0 saturated heterocycles. The van der Waals surface area contributed by atoms with E-state index in [2.05, 4.69) is 119 Å². The van der Waals surface area contributed by atoms with Gasteiger partial charge in [0.2, 0.25) is 0 Å². The van der Waals surface area contributed by atoms with Gasteiger partial charge in [0.15, 0.2) is 5.82 Å². The van der Waals surface area contributed by atoms with Crippen molar-refractivity contribution in [2.45, 2.75) is 0 Å². The molecule has 2 nitrogen and oxygen atoms in total. The van der Waals surface area contributed by atoms with E-state index in [1.165, 1.54) is 16.2 Å². The van der Waals surface area contributed by atoms with Gasteiger partial charge in [0, 0.05) is 21.2 Å². The zero-order valence-corrected chi connectivity index (χ0v) is 19.3. The van der Waals surface area contributed by atoms with Gasteiger partial charge < -0.3 is 0 Å². The molecule has 156 valence electrons. The molecule has 0 aliphatic carbocycles. The van der Waals surface area contributed by atoms with Crippen LogP contribution in [0.15, 0.2) is 120 Å². The topological polar surface area (TPSA) is 25.8 Å². The summed E-state index contributed by atoms with van der Waals surface area (Å²) >= 11 is 3.54. The second-order valence-electron chi connectivity index (χ2n) is 8.02. The third-order valence-corrected chi connectivity index (χ3v) is 6.49. The normalized spacial score (nSPS) is 11.2. The molecule has 0 radical (unpaired) electrons. The molecule has 6 aromatic rings. The second kappa shape index (κ2) is 8.27. The molecule has 1 aromatic heterocycles. The highest BCUT2D eigenvalue weighted by Gasteiger charge is 2.14. The minimum absolute atomic E-state index is 0.732. The zero-order chi connectivity index (χ0) is 22.2. The summed E-state index contributed by atoms with van der Waals surface area (Å²) in [6, 6.07) is 39.9. The Morgan fingerprint density at radius 2 is 1.03 bits per heavy atom. The first-order valence-electron chi connectivity index (χ1n) is 10.9. The minimum Gasteiger partial charge on any atom is -0.228 e. The number of nitrogens with zero attached hydrogens (tertiary/aromatic N) is 2. The molecule has 0 unspecified atom stereocenters. The third-order valence-electron chi connectivity index (χ3n) is 5.96. The molecule has 0 aliphatic rings. The Hall–Kier alpha value is -3.82. The molecule has 0 bridgehead atoms. The van der Waals surface area contributed by atoms with Crippen LogP contribution in [0, 0.1) is 0 Å². The van der Waals surface area contributed by atoms with Gasteiger partial charge in [0.25, 0.3) is 0 Å². The van der Waals surface area contributed by atoms with E-state index in [0.717, 1.165) is 43.8 Å². The Bertz CT molecular complexity index is 1510. The molecule has 0 aliphatic heterocycles. The fourth-order valence-electron chi connectivity index (χ4n) is 4.34. The van der Waals surface area contributed by atoms with Gasteiger partial charge in [-0.05, 0) is 39.7 Å². The van der Waals surface area contributed by atoms with E-state index in [0.29, 0.717) is 0 Å². The highest BCUT2D eigenvalue weighted by atomic mass is 79.9. The van der Waals surface area contributed by atoms with Crippen molar-refractivity contribution in [2.24, 2.45) is 0 Å². The Balaban J connectivity index is 1.64. The molecule has 3 heteroatoms. The largest absolute Gasteiger partial charge is 0.228 e. The average molecular weight is 487 g/mol. The first-order valence-corrected chi connectivity index (χ1v) is 11.7. The molecule has 0 fully saturated rings. The van der Waals surface area contributed by atoms with E-state index in [4.69, 9.17) is 9.97 Å². The fraction of sp³-hybridized carbons (Fsp3) is 0. The van der Waals surface area contributed by atoms with Crippen LogP contribution in [0.5, 0.6) is 0 Å². The van der Waals surface area contributed by atoms with Crippen LogP contribution < -0.4 is 0 Å². The lowest BCUT2D eigenvalue weighted by Crippen LogP contribution is -1.97. The number of rotatable bonds is 3. The maximum Gasteiger partial charge on any atom is 0.161 e. The molecule has 0 atom stereocenters. The smallest absolute Gasteiger partial charge is 0.161 e. The summed E-state index contributed by atoms with van der Waals surface area (Å²) in [4.78, 5) is 10.1. The molecule has 0 N–H and O–H groups in total. The highest BCUT2D eigenvalue weighted by molar-refractivity contribution is 9.10. The number of hydrogen-bond donors (Lipinski definition) is 0. The number of halogens is 1. The highest BCUT2D eigenvalue weighted by Crippen LogP contribution is 2.34. The van der Waals surface area contributed by atoms with E-state index in [1.807, 2.05) is 12.1 Å². The van der Waals surface area contributed by atoms with Gasteiger partial charge >= 0.3 is 0 Å². The first-order chi connectivity index (χ1) is 16.3. The van der Waals surface area contributed by atoms with Gasteiger partial charge in [0.05, 0.1) is 11.4 Å². The van der Waals surface area contributed by atoms with Crippen molar-refractivity contribution in [3.05, 3.63) is 120 Å². The van der Waals surface area contributed by atoms with Crippen molar-refractivity contribution in [3.8, 4) is 33.9 Å². The SMILES string of the molecule is Brc1ccc(-c2cc(-c3cccc4ccccc34)nc(-c3cccc4ccccc34)n2)cc1. The monoisotopic (exact) mass is 486 g/mol. The van der Waals surface area contributed by atoms with Gasteiger partial charge in [-0.2, -0.15) is 0 Å². The predicted molar refractivity (Wildman–Crippen MR) is 141 cm³/mol. The maximum absolute atomic E-state index is 5.10. The zero-order valence-electron chi connectivity index (χ0n) is 17.7. The van der Waals surface area contributed by atoms with E-state index >= 15 is 0 Å². The average Bonchev–Trinajstić information content (AvgIpc) is 2.88. The summed E-state index contributed by atoms with van der Waals surface area (Å²) in [7, 11) is 0. The molecule has 6 rings (SSSR count).